The molecular weight excluding hydrogens is 348 g/mol. The SMILES string of the molecule is Cc1ccc(S(=O)(=O)N(CC(=O)NCCC(C)C)c2ccccc2)cc1. The van der Waals surface area contributed by atoms with Crippen LogP contribution < -0.4 is 9.62 Å². The van der Waals surface area contributed by atoms with Gasteiger partial charge in [0.1, 0.15) is 6.54 Å². The molecule has 1 N–H and O–H groups in total. The molecule has 2 aromatic carbocycles. The van der Waals surface area contributed by atoms with Crippen LogP contribution in [0.5, 0.6) is 0 Å². The van der Waals surface area contributed by atoms with Crippen LogP contribution in [0.1, 0.15) is 25.8 Å². The predicted octanol–water partition coefficient (Wildman–Crippen LogP) is 3.35. The van der Waals surface area contributed by atoms with Gasteiger partial charge in [-0.2, -0.15) is 0 Å². The summed E-state index contributed by atoms with van der Waals surface area (Å²) in [5.74, 6) is 0.155. The molecule has 2 rings (SSSR count). The number of benzene rings is 2. The number of anilines is 1. The lowest BCUT2D eigenvalue weighted by Crippen LogP contribution is -2.41. The predicted molar refractivity (Wildman–Crippen MR) is 105 cm³/mol. The van der Waals surface area contributed by atoms with Crippen molar-refractivity contribution in [3.05, 3.63) is 60.2 Å². The Balaban J connectivity index is 2.27. The van der Waals surface area contributed by atoms with Gasteiger partial charge in [0, 0.05) is 6.54 Å². The van der Waals surface area contributed by atoms with Crippen LogP contribution in [-0.4, -0.2) is 27.4 Å². The Hall–Kier alpha value is -2.34. The average Bonchev–Trinajstić information content (AvgIpc) is 2.60. The monoisotopic (exact) mass is 374 g/mol. The number of aryl methyl sites for hydroxylation is 1. The zero-order chi connectivity index (χ0) is 19.2. The van der Waals surface area contributed by atoms with Crippen LogP contribution in [0, 0.1) is 12.8 Å². The topological polar surface area (TPSA) is 66.5 Å². The minimum Gasteiger partial charge on any atom is -0.355 e. The van der Waals surface area contributed by atoms with Crippen LogP contribution in [0.3, 0.4) is 0 Å². The van der Waals surface area contributed by atoms with Crippen molar-refractivity contribution in [3.8, 4) is 0 Å². The van der Waals surface area contributed by atoms with Crippen molar-refractivity contribution in [2.75, 3.05) is 17.4 Å². The lowest BCUT2D eigenvalue weighted by molar-refractivity contribution is -0.119. The Labute approximate surface area is 156 Å². The minimum atomic E-state index is -3.83. The van der Waals surface area contributed by atoms with Crippen molar-refractivity contribution in [2.45, 2.75) is 32.1 Å². The molecule has 0 aliphatic rings. The maximum Gasteiger partial charge on any atom is 0.264 e. The Morgan fingerprint density at radius 3 is 2.23 bits per heavy atom. The van der Waals surface area contributed by atoms with Gasteiger partial charge in [-0.1, -0.05) is 49.7 Å². The van der Waals surface area contributed by atoms with E-state index in [2.05, 4.69) is 19.2 Å². The molecule has 0 aliphatic heterocycles. The summed E-state index contributed by atoms with van der Waals surface area (Å²) in [6.07, 6.45) is 0.849. The van der Waals surface area contributed by atoms with Crippen molar-refractivity contribution in [3.63, 3.8) is 0 Å². The molecule has 0 aliphatic carbocycles. The first-order valence-electron chi connectivity index (χ1n) is 8.72. The number of amides is 1. The first-order chi connectivity index (χ1) is 12.3. The molecule has 0 saturated heterocycles. The van der Waals surface area contributed by atoms with Crippen LogP contribution in [0.2, 0.25) is 0 Å². The van der Waals surface area contributed by atoms with Crippen molar-refractivity contribution in [2.24, 2.45) is 5.92 Å². The van der Waals surface area contributed by atoms with E-state index in [0.717, 1.165) is 16.3 Å². The third-order valence-corrected chi connectivity index (χ3v) is 5.77. The molecule has 0 bridgehead atoms. The number of hydrogen-bond donors (Lipinski definition) is 1. The third-order valence-electron chi connectivity index (χ3n) is 3.98. The standard InChI is InChI=1S/C20H26N2O3S/c1-16(2)13-14-21-20(23)15-22(18-7-5-4-6-8-18)26(24,25)19-11-9-17(3)10-12-19/h4-12,16H,13-15H2,1-3H3,(H,21,23). The van der Waals surface area contributed by atoms with Crippen LogP contribution in [0.15, 0.2) is 59.5 Å². The number of nitrogens with zero attached hydrogens (tertiary/aromatic N) is 1. The van der Waals surface area contributed by atoms with Crippen LogP contribution in [0.25, 0.3) is 0 Å². The Morgan fingerprint density at radius 1 is 1.04 bits per heavy atom. The summed E-state index contributed by atoms with van der Waals surface area (Å²) in [6.45, 7) is 6.32. The van der Waals surface area contributed by atoms with E-state index in [1.807, 2.05) is 13.0 Å². The van der Waals surface area contributed by atoms with Gasteiger partial charge in [-0.25, -0.2) is 8.42 Å². The molecule has 0 fully saturated rings. The number of rotatable bonds is 8. The van der Waals surface area contributed by atoms with Crippen LogP contribution in [-0.2, 0) is 14.8 Å². The van der Waals surface area contributed by atoms with Crippen LogP contribution in [0.4, 0.5) is 5.69 Å². The van der Waals surface area contributed by atoms with E-state index in [0.29, 0.717) is 18.2 Å². The Morgan fingerprint density at radius 2 is 1.65 bits per heavy atom. The number of para-hydroxylation sites is 1. The zero-order valence-electron chi connectivity index (χ0n) is 15.5. The lowest BCUT2D eigenvalue weighted by Gasteiger charge is -2.24. The first-order valence-corrected chi connectivity index (χ1v) is 10.2. The molecule has 0 saturated carbocycles. The smallest absolute Gasteiger partial charge is 0.264 e. The fourth-order valence-electron chi connectivity index (χ4n) is 2.43. The second-order valence-corrected chi connectivity index (χ2v) is 8.56. The Kier molecular flexibility index (Phi) is 6.80. The minimum absolute atomic E-state index is 0.168. The molecule has 2 aromatic rings. The van der Waals surface area contributed by atoms with Crippen molar-refractivity contribution < 1.29 is 13.2 Å². The van der Waals surface area contributed by atoms with E-state index >= 15 is 0 Å². The Bertz CT molecular complexity index is 816. The summed E-state index contributed by atoms with van der Waals surface area (Å²) in [5, 5.41) is 2.80. The number of hydrogen-bond acceptors (Lipinski definition) is 3. The molecule has 5 nitrogen and oxygen atoms in total. The molecule has 0 heterocycles. The van der Waals surface area contributed by atoms with Gasteiger partial charge >= 0.3 is 0 Å². The van der Waals surface area contributed by atoms with Crippen molar-refractivity contribution in [1.82, 2.24) is 5.32 Å². The molecule has 0 atom stereocenters. The lowest BCUT2D eigenvalue weighted by atomic mass is 10.1. The highest BCUT2D eigenvalue weighted by atomic mass is 32.2. The number of carbonyl (C=O) groups is 1. The fourth-order valence-corrected chi connectivity index (χ4v) is 3.85. The fraction of sp³-hybridized carbons (Fsp3) is 0.350. The second kappa shape index (κ2) is 8.85. The van der Waals surface area contributed by atoms with E-state index in [9.17, 15) is 13.2 Å². The van der Waals surface area contributed by atoms with Crippen LogP contribution >= 0.6 is 0 Å². The third kappa shape index (κ3) is 5.33. The summed E-state index contributed by atoms with van der Waals surface area (Å²) in [4.78, 5) is 12.5. The van der Waals surface area contributed by atoms with Gasteiger partial charge in [-0.05, 0) is 43.5 Å². The van der Waals surface area contributed by atoms with E-state index < -0.39 is 10.0 Å². The molecule has 0 unspecified atom stereocenters. The van der Waals surface area contributed by atoms with Gasteiger partial charge in [-0.15, -0.1) is 0 Å². The normalized spacial score (nSPS) is 11.4. The number of carbonyl (C=O) groups excluding carboxylic acids is 1. The molecular formula is C20H26N2O3S. The molecule has 140 valence electrons. The number of nitrogens with one attached hydrogen (secondary N) is 1. The highest BCUT2D eigenvalue weighted by Gasteiger charge is 2.26. The summed E-state index contributed by atoms with van der Waals surface area (Å²) in [7, 11) is -3.83. The number of sulfonamides is 1. The zero-order valence-corrected chi connectivity index (χ0v) is 16.3. The molecule has 0 aromatic heterocycles. The largest absolute Gasteiger partial charge is 0.355 e. The van der Waals surface area contributed by atoms with E-state index in [1.165, 1.54) is 0 Å². The van der Waals surface area contributed by atoms with Crippen molar-refractivity contribution in [1.29, 1.82) is 0 Å². The van der Waals surface area contributed by atoms with Gasteiger partial charge in [0.2, 0.25) is 5.91 Å². The highest BCUT2D eigenvalue weighted by molar-refractivity contribution is 7.92. The molecule has 0 spiro atoms. The molecule has 26 heavy (non-hydrogen) atoms. The van der Waals surface area contributed by atoms with E-state index in [-0.39, 0.29) is 17.3 Å². The average molecular weight is 375 g/mol. The molecule has 1 amide bonds. The highest BCUT2D eigenvalue weighted by Crippen LogP contribution is 2.23. The quantitative estimate of drug-likeness (QED) is 0.770. The van der Waals surface area contributed by atoms with E-state index in [1.54, 1.807) is 48.5 Å². The van der Waals surface area contributed by atoms with Gasteiger partial charge in [0.15, 0.2) is 0 Å². The maximum absolute atomic E-state index is 13.1. The van der Waals surface area contributed by atoms with E-state index in [4.69, 9.17) is 0 Å². The maximum atomic E-state index is 13.1. The van der Waals surface area contributed by atoms with Gasteiger partial charge in [0.05, 0.1) is 10.6 Å². The summed E-state index contributed by atoms with van der Waals surface area (Å²) in [5.41, 5.74) is 1.44. The van der Waals surface area contributed by atoms with Crippen molar-refractivity contribution >= 4 is 21.6 Å². The van der Waals surface area contributed by atoms with Gasteiger partial charge in [-0.3, -0.25) is 9.10 Å². The molecule has 6 heteroatoms. The summed E-state index contributed by atoms with van der Waals surface area (Å²) >= 11 is 0. The first kappa shape index (κ1) is 20.0. The second-order valence-electron chi connectivity index (χ2n) is 6.69. The summed E-state index contributed by atoms with van der Waals surface area (Å²) in [6, 6.07) is 15.3. The summed E-state index contributed by atoms with van der Waals surface area (Å²) < 4.78 is 27.4. The molecule has 0 radical (unpaired) electrons. The van der Waals surface area contributed by atoms with Gasteiger partial charge in [0.25, 0.3) is 10.0 Å². The van der Waals surface area contributed by atoms with Gasteiger partial charge < -0.3 is 5.32 Å².